The predicted molar refractivity (Wildman–Crippen MR) is 83.7 cm³/mol. The van der Waals surface area contributed by atoms with Crippen LogP contribution in [0.3, 0.4) is 0 Å². The van der Waals surface area contributed by atoms with Gasteiger partial charge in [-0.15, -0.1) is 0 Å². The molecule has 19 heavy (non-hydrogen) atoms. The molecule has 2 unspecified atom stereocenters. The Morgan fingerprint density at radius 2 is 1.63 bits per heavy atom. The van der Waals surface area contributed by atoms with Gasteiger partial charge in [-0.2, -0.15) is 4.37 Å². The summed E-state index contributed by atoms with van der Waals surface area (Å²) < 4.78 is 5.16. The quantitative estimate of drug-likeness (QED) is 0.887. The second kappa shape index (κ2) is 8.93. The summed E-state index contributed by atoms with van der Waals surface area (Å²) in [5.41, 5.74) is 6.41. The van der Waals surface area contributed by atoms with E-state index in [1.807, 2.05) is 11.8 Å². The number of nitrogens with two attached hydrogens (primary N) is 1. The van der Waals surface area contributed by atoms with Crippen LogP contribution in [0.4, 0.5) is 0 Å². The minimum absolute atomic E-state index is 0.313. The summed E-state index contributed by atoms with van der Waals surface area (Å²) >= 11 is 3.34. The third-order valence-corrected chi connectivity index (χ3v) is 6.02. The van der Waals surface area contributed by atoms with Gasteiger partial charge in [0, 0.05) is 11.3 Å². The molecular formula is C14H25N3S2. The van der Waals surface area contributed by atoms with Crippen LogP contribution in [0, 0.1) is 0 Å². The van der Waals surface area contributed by atoms with Gasteiger partial charge in [0.1, 0.15) is 6.33 Å². The molecule has 2 rings (SSSR count). The zero-order valence-corrected chi connectivity index (χ0v) is 13.2. The molecular weight excluding hydrogens is 274 g/mol. The maximum absolute atomic E-state index is 6.41. The molecule has 0 bridgehead atoms. The number of hydrogen-bond donors (Lipinski definition) is 1. The minimum Gasteiger partial charge on any atom is -0.327 e. The van der Waals surface area contributed by atoms with Crippen LogP contribution in [0.1, 0.15) is 64.2 Å². The number of hydrogen-bond acceptors (Lipinski definition) is 5. The molecule has 0 spiro atoms. The first kappa shape index (κ1) is 15.3. The van der Waals surface area contributed by atoms with E-state index in [9.17, 15) is 0 Å². The van der Waals surface area contributed by atoms with Gasteiger partial charge >= 0.3 is 0 Å². The summed E-state index contributed by atoms with van der Waals surface area (Å²) in [4.78, 5) is 4.29. The van der Waals surface area contributed by atoms with Crippen molar-refractivity contribution in [2.45, 2.75) is 79.8 Å². The summed E-state index contributed by atoms with van der Waals surface area (Å²) in [6.07, 6.45) is 15.0. The maximum atomic E-state index is 6.41. The average Bonchev–Trinajstić information content (AvgIpc) is 2.90. The first-order valence-electron chi connectivity index (χ1n) is 7.55. The molecule has 1 fully saturated rings. The van der Waals surface area contributed by atoms with Crippen LogP contribution in [0.5, 0.6) is 0 Å². The average molecular weight is 300 g/mol. The highest BCUT2D eigenvalue weighted by Crippen LogP contribution is 2.31. The molecule has 1 aliphatic rings. The van der Waals surface area contributed by atoms with Crippen molar-refractivity contribution in [3.8, 4) is 0 Å². The zero-order valence-electron chi connectivity index (χ0n) is 11.6. The van der Waals surface area contributed by atoms with Crippen molar-refractivity contribution in [3.05, 3.63) is 6.33 Å². The lowest BCUT2D eigenvalue weighted by atomic mass is 9.98. The summed E-state index contributed by atoms with van der Waals surface area (Å²) in [6.45, 7) is 0. The normalized spacial score (nSPS) is 27.4. The Kier molecular flexibility index (Phi) is 7.17. The summed E-state index contributed by atoms with van der Waals surface area (Å²) in [5, 5.41) is 0.521. The van der Waals surface area contributed by atoms with Gasteiger partial charge in [-0.1, -0.05) is 63.1 Å². The van der Waals surface area contributed by atoms with Crippen molar-refractivity contribution < 1.29 is 0 Å². The van der Waals surface area contributed by atoms with E-state index < -0.39 is 0 Å². The highest BCUT2D eigenvalue weighted by atomic mass is 32.2. The van der Waals surface area contributed by atoms with Crippen molar-refractivity contribution >= 4 is 23.3 Å². The van der Waals surface area contributed by atoms with E-state index in [1.165, 1.54) is 69.3 Å². The van der Waals surface area contributed by atoms with Crippen LogP contribution in [-0.2, 0) is 0 Å². The van der Waals surface area contributed by atoms with E-state index in [0.29, 0.717) is 11.3 Å². The molecule has 0 saturated heterocycles. The Morgan fingerprint density at radius 1 is 1.00 bits per heavy atom. The Hall–Kier alpha value is -0.130. The van der Waals surface area contributed by atoms with Crippen molar-refractivity contribution in [2.24, 2.45) is 5.73 Å². The van der Waals surface area contributed by atoms with Crippen LogP contribution >= 0.6 is 23.3 Å². The molecule has 0 aliphatic heterocycles. The van der Waals surface area contributed by atoms with Crippen molar-refractivity contribution in [1.82, 2.24) is 9.36 Å². The van der Waals surface area contributed by atoms with Gasteiger partial charge in [-0.25, -0.2) is 4.98 Å². The Morgan fingerprint density at radius 3 is 2.26 bits per heavy atom. The number of thioether (sulfide) groups is 1. The molecule has 5 heteroatoms. The van der Waals surface area contributed by atoms with Gasteiger partial charge in [0.05, 0.1) is 0 Å². The molecule has 2 atom stereocenters. The molecule has 108 valence electrons. The van der Waals surface area contributed by atoms with Gasteiger partial charge in [-0.3, -0.25) is 0 Å². The molecule has 1 saturated carbocycles. The smallest absolute Gasteiger partial charge is 0.170 e. The van der Waals surface area contributed by atoms with E-state index in [0.717, 1.165) is 10.8 Å². The summed E-state index contributed by atoms with van der Waals surface area (Å²) in [6, 6.07) is 0.313. The third-order valence-electron chi connectivity index (χ3n) is 3.85. The van der Waals surface area contributed by atoms with Crippen molar-refractivity contribution in [3.63, 3.8) is 0 Å². The van der Waals surface area contributed by atoms with E-state index in [2.05, 4.69) is 9.36 Å². The van der Waals surface area contributed by atoms with Crippen LogP contribution < -0.4 is 5.73 Å². The van der Waals surface area contributed by atoms with E-state index in [4.69, 9.17) is 5.73 Å². The molecule has 0 aromatic carbocycles. The lowest BCUT2D eigenvalue weighted by molar-refractivity contribution is 0.473. The van der Waals surface area contributed by atoms with Gasteiger partial charge in [0.25, 0.3) is 0 Å². The van der Waals surface area contributed by atoms with E-state index >= 15 is 0 Å². The largest absolute Gasteiger partial charge is 0.327 e. The van der Waals surface area contributed by atoms with E-state index in [-0.39, 0.29) is 0 Å². The van der Waals surface area contributed by atoms with Gasteiger partial charge in [-0.05, 0) is 24.4 Å². The maximum Gasteiger partial charge on any atom is 0.170 e. The Balaban J connectivity index is 1.87. The van der Waals surface area contributed by atoms with Crippen LogP contribution in [0.25, 0.3) is 0 Å². The molecule has 2 N–H and O–H groups in total. The second-order valence-electron chi connectivity index (χ2n) is 5.43. The fourth-order valence-electron chi connectivity index (χ4n) is 2.68. The van der Waals surface area contributed by atoms with Gasteiger partial charge < -0.3 is 5.73 Å². The molecule has 1 aromatic heterocycles. The van der Waals surface area contributed by atoms with Gasteiger partial charge in [0.2, 0.25) is 0 Å². The summed E-state index contributed by atoms with van der Waals surface area (Å²) in [7, 11) is 0. The summed E-state index contributed by atoms with van der Waals surface area (Å²) in [5.74, 6) is 0. The molecule has 0 radical (unpaired) electrons. The highest BCUT2D eigenvalue weighted by molar-refractivity contribution is 8.01. The molecule has 1 heterocycles. The van der Waals surface area contributed by atoms with Crippen molar-refractivity contribution in [2.75, 3.05) is 0 Å². The van der Waals surface area contributed by atoms with Crippen molar-refractivity contribution in [1.29, 1.82) is 0 Å². The molecule has 3 nitrogen and oxygen atoms in total. The molecule has 1 aliphatic carbocycles. The first-order valence-corrected chi connectivity index (χ1v) is 9.20. The molecule has 0 amide bonds. The predicted octanol–water partition coefficient (Wildman–Crippen LogP) is 4.24. The lowest BCUT2D eigenvalue weighted by Crippen LogP contribution is -2.32. The number of rotatable bonds is 2. The number of aromatic nitrogens is 2. The fourth-order valence-corrected chi connectivity index (χ4v) is 4.59. The Labute approximate surface area is 124 Å². The lowest BCUT2D eigenvalue weighted by Gasteiger charge is -2.23. The standard InChI is InChI=1S/C14H25N3S2/c15-12-9-7-5-3-1-2-4-6-8-10-13(12)18-14-16-11-17-19-14/h11-13H,1-10,15H2. The fraction of sp³-hybridized carbons (Fsp3) is 0.857. The minimum atomic E-state index is 0.313. The molecule has 1 aromatic rings. The second-order valence-corrected chi connectivity index (χ2v) is 7.70. The highest BCUT2D eigenvalue weighted by Gasteiger charge is 2.20. The van der Waals surface area contributed by atoms with Crippen LogP contribution in [0.2, 0.25) is 0 Å². The third kappa shape index (κ3) is 5.79. The number of nitrogens with zero attached hydrogens (tertiary/aromatic N) is 2. The van der Waals surface area contributed by atoms with Gasteiger partial charge in [0.15, 0.2) is 4.34 Å². The van der Waals surface area contributed by atoms with Crippen LogP contribution in [0.15, 0.2) is 10.7 Å². The Bertz CT molecular complexity index is 329. The van der Waals surface area contributed by atoms with E-state index in [1.54, 1.807) is 6.33 Å². The zero-order chi connectivity index (χ0) is 13.3. The first-order chi connectivity index (χ1) is 9.36. The topological polar surface area (TPSA) is 51.8 Å². The van der Waals surface area contributed by atoms with Crippen LogP contribution in [-0.4, -0.2) is 20.6 Å². The monoisotopic (exact) mass is 299 g/mol. The SMILES string of the molecule is NC1CCCCCCCCCCC1Sc1ncns1.